The summed E-state index contributed by atoms with van der Waals surface area (Å²) in [5, 5.41) is 5.98. The summed E-state index contributed by atoms with van der Waals surface area (Å²) in [5.41, 5.74) is 9.15. The van der Waals surface area contributed by atoms with E-state index in [4.69, 9.17) is 26.8 Å². The number of ether oxygens (including phenoxy) is 2. The third-order valence-electron chi connectivity index (χ3n) is 4.56. The minimum absolute atomic E-state index is 0.459. The summed E-state index contributed by atoms with van der Waals surface area (Å²) in [6.07, 6.45) is 1.72. The van der Waals surface area contributed by atoms with Gasteiger partial charge in [-0.3, -0.25) is 0 Å². The Morgan fingerprint density at radius 3 is 2.62 bits per heavy atom. The van der Waals surface area contributed by atoms with Crippen LogP contribution in [-0.4, -0.2) is 21.9 Å². The zero-order valence-corrected chi connectivity index (χ0v) is 18.7. The van der Waals surface area contributed by atoms with Crippen molar-refractivity contribution in [2.45, 2.75) is 13.5 Å². The van der Waals surface area contributed by atoms with E-state index in [1.165, 1.54) is 0 Å². The molecule has 0 unspecified atom stereocenters. The average molecular weight is 521 g/mol. The summed E-state index contributed by atoms with van der Waals surface area (Å²) in [4.78, 5) is 4.53. The molecular formula is C21H18ClIN4O2. The lowest BCUT2D eigenvalue weighted by molar-refractivity contribution is 0.414. The third kappa shape index (κ3) is 3.97. The molecule has 0 aliphatic heterocycles. The highest BCUT2D eigenvalue weighted by Crippen LogP contribution is 2.36. The zero-order chi connectivity index (χ0) is 20.5. The molecule has 8 heteroatoms. The predicted octanol–water partition coefficient (Wildman–Crippen LogP) is 5.43. The van der Waals surface area contributed by atoms with Gasteiger partial charge in [0.15, 0.2) is 5.65 Å². The van der Waals surface area contributed by atoms with Gasteiger partial charge in [0.05, 0.1) is 29.8 Å². The Bertz CT molecular complexity index is 1190. The Kier molecular flexibility index (Phi) is 5.51. The molecule has 4 aromatic rings. The van der Waals surface area contributed by atoms with Gasteiger partial charge in [0, 0.05) is 18.3 Å². The molecule has 0 aliphatic rings. The lowest BCUT2D eigenvalue weighted by atomic mass is 10.2. The number of aryl methyl sites for hydroxylation is 1. The number of rotatable bonds is 5. The van der Waals surface area contributed by atoms with Crippen LogP contribution < -0.4 is 15.2 Å². The number of methoxy groups -OCH3 is 1. The SMILES string of the molecule is COc1ccc(Cn2nc(I)c3c(Oc4cc(Cl)c(N)cc4C)ccnc32)cc1. The van der Waals surface area contributed by atoms with Gasteiger partial charge in [-0.05, 0) is 58.8 Å². The van der Waals surface area contributed by atoms with Crippen LogP contribution in [0.15, 0.2) is 48.7 Å². The number of pyridine rings is 1. The number of nitrogens with two attached hydrogens (primary N) is 1. The number of fused-ring (bicyclic) bond motifs is 1. The summed E-state index contributed by atoms with van der Waals surface area (Å²) in [6, 6.07) is 13.2. The van der Waals surface area contributed by atoms with E-state index in [1.54, 1.807) is 25.4 Å². The average Bonchev–Trinajstić information content (AvgIpc) is 3.03. The highest BCUT2D eigenvalue weighted by molar-refractivity contribution is 14.1. The summed E-state index contributed by atoms with van der Waals surface area (Å²) in [6.45, 7) is 2.52. The van der Waals surface area contributed by atoms with Crippen molar-refractivity contribution in [1.29, 1.82) is 0 Å². The van der Waals surface area contributed by atoms with Gasteiger partial charge in [0.2, 0.25) is 0 Å². The first-order chi connectivity index (χ1) is 14.0. The monoisotopic (exact) mass is 520 g/mol. The number of nitrogens with zero attached hydrogens (tertiary/aromatic N) is 3. The molecule has 2 aromatic carbocycles. The maximum Gasteiger partial charge on any atom is 0.163 e. The van der Waals surface area contributed by atoms with Gasteiger partial charge in [0.25, 0.3) is 0 Å². The van der Waals surface area contributed by atoms with Crippen LogP contribution in [0.2, 0.25) is 5.02 Å². The summed E-state index contributed by atoms with van der Waals surface area (Å²) in [7, 11) is 1.65. The van der Waals surface area contributed by atoms with Gasteiger partial charge in [-0.25, -0.2) is 9.67 Å². The Morgan fingerprint density at radius 1 is 1.14 bits per heavy atom. The summed E-state index contributed by atoms with van der Waals surface area (Å²) >= 11 is 8.38. The van der Waals surface area contributed by atoms with Crippen molar-refractivity contribution >= 4 is 50.9 Å². The minimum Gasteiger partial charge on any atom is -0.497 e. The molecule has 29 heavy (non-hydrogen) atoms. The Morgan fingerprint density at radius 2 is 1.90 bits per heavy atom. The first-order valence-corrected chi connectivity index (χ1v) is 10.3. The van der Waals surface area contributed by atoms with Crippen molar-refractivity contribution in [3.8, 4) is 17.2 Å². The lowest BCUT2D eigenvalue weighted by Crippen LogP contribution is -2.03. The quantitative estimate of drug-likeness (QED) is 0.281. The van der Waals surface area contributed by atoms with Crippen molar-refractivity contribution in [2.24, 2.45) is 0 Å². The highest BCUT2D eigenvalue weighted by Gasteiger charge is 2.17. The van der Waals surface area contributed by atoms with Crippen molar-refractivity contribution in [3.63, 3.8) is 0 Å². The molecule has 148 valence electrons. The molecule has 0 fully saturated rings. The van der Waals surface area contributed by atoms with E-state index >= 15 is 0 Å². The summed E-state index contributed by atoms with van der Waals surface area (Å²) in [5.74, 6) is 2.14. The molecule has 2 N–H and O–H groups in total. The Labute approximate surface area is 186 Å². The molecule has 0 radical (unpaired) electrons. The second kappa shape index (κ2) is 8.08. The van der Waals surface area contributed by atoms with E-state index in [9.17, 15) is 0 Å². The highest BCUT2D eigenvalue weighted by atomic mass is 127. The normalized spacial score (nSPS) is 11.0. The van der Waals surface area contributed by atoms with Crippen LogP contribution >= 0.6 is 34.2 Å². The molecule has 4 rings (SSSR count). The third-order valence-corrected chi connectivity index (χ3v) is 5.64. The standard InChI is InChI=1S/C21H18ClIN4O2/c1-12-9-16(24)15(22)10-18(12)29-17-7-8-25-21-19(17)20(23)26-27(21)11-13-3-5-14(28-2)6-4-13/h3-10H,11,24H2,1-2H3. The molecule has 0 saturated heterocycles. The first kappa shape index (κ1) is 19.8. The van der Waals surface area contributed by atoms with Crippen molar-refractivity contribution in [2.75, 3.05) is 12.8 Å². The van der Waals surface area contributed by atoms with Crippen LogP contribution in [0.5, 0.6) is 17.2 Å². The molecule has 0 aliphatic carbocycles. The van der Waals surface area contributed by atoms with E-state index in [2.05, 4.69) is 32.7 Å². The fraction of sp³-hybridized carbons (Fsp3) is 0.143. The topological polar surface area (TPSA) is 75.2 Å². The number of aromatic nitrogens is 3. The summed E-state index contributed by atoms with van der Waals surface area (Å²) < 4.78 is 14.1. The largest absolute Gasteiger partial charge is 0.497 e. The fourth-order valence-corrected chi connectivity index (χ4v) is 3.96. The number of benzene rings is 2. The van der Waals surface area contributed by atoms with E-state index in [0.29, 0.717) is 28.8 Å². The molecule has 0 saturated carbocycles. The van der Waals surface area contributed by atoms with Crippen LogP contribution in [0, 0.1) is 10.6 Å². The Balaban J connectivity index is 1.71. The fourth-order valence-electron chi connectivity index (χ4n) is 3.04. The second-order valence-electron chi connectivity index (χ2n) is 6.55. The van der Waals surface area contributed by atoms with Gasteiger partial charge in [0.1, 0.15) is 20.9 Å². The molecule has 0 atom stereocenters. The van der Waals surface area contributed by atoms with Crippen LogP contribution in [-0.2, 0) is 6.54 Å². The van der Waals surface area contributed by atoms with Gasteiger partial charge in [-0.1, -0.05) is 23.7 Å². The van der Waals surface area contributed by atoms with Gasteiger partial charge < -0.3 is 15.2 Å². The number of anilines is 1. The Hall–Kier alpha value is -2.52. The van der Waals surface area contributed by atoms with Crippen LogP contribution in [0.4, 0.5) is 5.69 Å². The van der Waals surface area contributed by atoms with Gasteiger partial charge in [-0.2, -0.15) is 5.10 Å². The molecule has 0 amide bonds. The zero-order valence-electron chi connectivity index (χ0n) is 15.8. The molecule has 2 heterocycles. The second-order valence-corrected chi connectivity index (χ2v) is 7.97. The smallest absolute Gasteiger partial charge is 0.163 e. The molecule has 0 spiro atoms. The van der Waals surface area contributed by atoms with Gasteiger partial charge in [-0.15, -0.1) is 0 Å². The molecule has 6 nitrogen and oxygen atoms in total. The maximum absolute atomic E-state index is 6.18. The maximum atomic E-state index is 6.18. The first-order valence-electron chi connectivity index (χ1n) is 8.83. The number of hydrogen-bond acceptors (Lipinski definition) is 5. The van der Waals surface area contributed by atoms with E-state index in [0.717, 1.165) is 31.6 Å². The number of nitrogen functional groups attached to an aromatic ring is 1. The molecular weight excluding hydrogens is 503 g/mol. The van der Waals surface area contributed by atoms with Gasteiger partial charge >= 0.3 is 0 Å². The molecule has 2 aromatic heterocycles. The van der Waals surface area contributed by atoms with E-state index in [1.807, 2.05) is 41.9 Å². The van der Waals surface area contributed by atoms with Crippen molar-refractivity contribution < 1.29 is 9.47 Å². The van der Waals surface area contributed by atoms with Crippen molar-refractivity contribution in [3.05, 3.63) is 68.5 Å². The van der Waals surface area contributed by atoms with Crippen LogP contribution in [0.25, 0.3) is 11.0 Å². The molecule has 0 bridgehead atoms. The lowest BCUT2D eigenvalue weighted by Gasteiger charge is -2.11. The minimum atomic E-state index is 0.459. The van der Waals surface area contributed by atoms with E-state index < -0.39 is 0 Å². The predicted molar refractivity (Wildman–Crippen MR) is 123 cm³/mol. The number of halogens is 2. The number of hydrogen-bond donors (Lipinski definition) is 1. The van der Waals surface area contributed by atoms with Crippen LogP contribution in [0.1, 0.15) is 11.1 Å². The van der Waals surface area contributed by atoms with Crippen molar-refractivity contribution in [1.82, 2.24) is 14.8 Å². The van der Waals surface area contributed by atoms with E-state index in [-0.39, 0.29) is 0 Å². The van der Waals surface area contributed by atoms with Crippen LogP contribution in [0.3, 0.4) is 0 Å².